The zero-order chi connectivity index (χ0) is 22.1. The number of benzene rings is 2. The Morgan fingerprint density at radius 1 is 1.23 bits per heavy atom. The van der Waals surface area contributed by atoms with E-state index >= 15 is 0 Å². The summed E-state index contributed by atoms with van der Waals surface area (Å²) in [5.74, 6) is -0.766. The Kier molecular flexibility index (Phi) is 5.45. The second-order valence-corrected chi connectivity index (χ2v) is 7.29. The van der Waals surface area contributed by atoms with E-state index in [1.54, 1.807) is 30.3 Å². The zero-order valence-electron chi connectivity index (χ0n) is 16.3. The van der Waals surface area contributed by atoms with Gasteiger partial charge in [0.25, 0.3) is 11.4 Å². The van der Waals surface area contributed by atoms with Crippen LogP contribution in [0.1, 0.15) is 5.56 Å². The third-order valence-corrected chi connectivity index (χ3v) is 4.93. The second kappa shape index (κ2) is 8.21. The quantitative estimate of drug-likeness (QED) is 0.408. The third kappa shape index (κ3) is 4.00. The first-order valence-corrected chi connectivity index (χ1v) is 9.58. The Morgan fingerprint density at radius 2 is 1.97 bits per heavy atom. The van der Waals surface area contributed by atoms with Crippen LogP contribution in [-0.4, -0.2) is 39.5 Å². The van der Waals surface area contributed by atoms with Crippen LogP contribution in [0.15, 0.2) is 52.1 Å². The van der Waals surface area contributed by atoms with Crippen molar-refractivity contribution in [1.82, 2.24) is 14.8 Å². The average Bonchev–Trinajstić information content (AvgIpc) is 2.73. The summed E-state index contributed by atoms with van der Waals surface area (Å²) < 4.78 is 5.78. The molecule has 0 bridgehead atoms. The number of aromatic amines is 1. The molecule has 2 heterocycles. The number of carbonyl (C=O) groups is 1. The number of aromatic hydroxyl groups is 1. The van der Waals surface area contributed by atoms with E-state index in [0.717, 1.165) is 4.68 Å². The van der Waals surface area contributed by atoms with Crippen molar-refractivity contribution in [3.8, 4) is 5.88 Å². The number of hydrogen-bond donors (Lipinski definition) is 3. The smallest absolute Gasteiger partial charge is 0.280 e. The Bertz CT molecular complexity index is 1430. The second-order valence-electron chi connectivity index (χ2n) is 6.86. The summed E-state index contributed by atoms with van der Waals surface area (Å²) in [5, 5.41) is 17.5. The number of pyridine rings is 1. The third-order valence-electron chi connectivity index (χ3n) is 4.70. The molecule has 1 amide bonds. The van der Waals surface area contributed by atoms with Gasteiger partial charge in [-0.2, -0.15) is 0 Å². The van der Waals surface area contributed by atoms with E-state index in [4.69, 9.17) is 16.3 Å². The first-order valence-electron chi connectivity index (χ1n) is 9.20. The molecule has 2 aromatic heterocycles. The molecule has 0 spiro atoms. The number of nitrogens with zero attached hydrogens (tertiary/aromatic N) is 2. The molecule has 0 aliphatic rings. The molecule has 0 atom stereocenters. The van der Waals surface area contributed by atoms with Gasteiger partial charge in [0.15, 0.2) is 0 Å². The van der Waals surface area contributed by atoms with Crippen LogP contribution in [0.25, 0.3) is 21.8 Å². The molecule has 10 heteroatoms. The van der Waals surface area contributed by atoms with E-state index in [0.29, 0.717) is 21.8 Å². The fourth-order valence-electron chi connectivity index (χ4n) is 3.28. The van der Waals surface area contributed by atoms with Crippen molar-refractivity contribution in [2.45, 2.75) is 6.54 Å². The van der Waals surface area contributed by atoms with Crippen LogP contribution in [0.2, 0.25) is 5.02 Å². The molecule has 4 aromatic rings. The fourth-order valence-corrected chi connectivity index (χ4v) is 3.45. The van der Waals surface area contributed by atoms with Gasteiger partial charge in [0.1, 0.15) is 17.5 Å². The van der Waals surface area contributed by atoms with E-state index < -0.39 is 16.9 Å². The highest BCUT2D eigenvalue weighted by Crippen LogP contribution is 2.21. The van der Waals surface area contributed by atoms with Crippen LogP contribution in [-0.2, 0) is 16.1 Å². The minimum Gasteiger partial charge on any atom is -0.491 e. The monoisotopic (exact) mass is 440 g/mol. The van der Waals surface area contributed by atoms with E-state index in [2.05, 4.69) is 15.4 Å². The Labute approximate surface area is 179 Å². The number of fused-ring (bicyclic) bond motifs is 2. The summed E-state index contributed by atoms with van der Waals surface area (Å²) in [7, 11) is 1.43. The van der Waals surface area contributed by atoms with Gasteiger partial charge in [-0.15, -0.1) is 5.10 Å². The van der Waals surface area contributed by atoms with Crippen LogP contribution in [0.4, 0.5) is 5.69 Å². The summed E-state index contributed by atoms with van der Waals surface area (Å²) in [6, 6.07) is 11.3. The van der Waals surface area contributed by atoms with Crippen LogP contribution >= 0.6 is 11.6 Å². The lowest BCUT2D eigenvalue weighted by Crippen LogP contribution is -2.28. The number of anilines is 1. The summed E-state index contributed by atoms with van der Waals surface area (Å²) in [6.45, 7) is -0.0421. The SMILES string of the molecule is COCC(=O)Nc1ccc(Cn2nc(O)c3[nH]c4cc(Cl)ccc4c(=O)c3c2=O)cc1. The first-order chi connectivity index (χ1) is 14.9. The minimum absolute atomic E-state index is 0.0206. The molecule has 0 radical (unpaired) electrons. The highest BCUT2D eigenvalue weighted by molar-refractivity contribution is 6.31. The molecule has 4 rings (SSSR count). The number of ether oxygens (including phenoxy) is 1. The number of carbonyl (C=O) groups excluding carboxylic acids is 1. The summed E-state index contributed by atoms with van der Waals surface area (Å²) in [4.78, 5) is 40.3. The summed E-state index contributed by atoms with van der Waals surface area (Å²) in [6.07, 6.45) is 0. The standard InChI is InChI=1S/C21H17ClN4O5/c1-31-10-16(27)23-13-5-2-11(3-6-13)9-26-21(30)17-18(20(29)25-26)24-15-8-12(22)4-7-14(15)19(17)28/h2-8H,9-10H2,1H3,(H,23,27)(H,24,28)(H,25,29). The molecule has 9 nitrogen and oxygen atoms in total. The molecular weight excluding hydrogens is 424 g/mol. The van der Waals surface area contributed by atoms with Crippen LogP contribution in [0, 0.1) is 0 Å². The van der Waals surface area contributed by atoms with Gasteiger partial charge >= 0.3 is 0 Å². The number of nitrogens with one attached hydrogen (secondary N) is 2. The Hall–Kier alpha value is -3.69. The minimum atomic E-state index is -0.636. The van der Waals surface area contributed by atoms with E-state index in [1.807, 2.05) is 0 Å². The van der Waals surface area contributed by atoms with Gasteiger partial charge in [-0.25, -0.2) is 4.68 Å². The predicted octanol–water partition coefficient (Wildman–Crippen LogP) is 2.23. The molecule has 2 aromatic carbocycles. The topological polar surface area (TPSA) is 126 Å². The van der Waals surface area contributed by atoms with Crippen molar-refractivity contribution in [3.05, 3.63) is 73.6 Å². The first kappa shape index (κ1) is 20.6. The average molecular weight is 441 g/mol. The molecular formula is C21H17ClN4O5. The lowest BCUT2D eigenvalue weighted by atomic mass is 10.1. The lowest BCUT2D eigenvalue weighted by Gasteiger charge is -2.10. The van der Waals surface area contributed by atoms with Crippen molar-refractivity contribution in [2.24, 2.45) is 0 Å². The predicted molar refractivity (Wildman–Crippen MR) is 117 cm³/mol. The maximum atomic E-state index is 13.0. The molecule has 0 saturated heterocycles. The molecule has 158 valence electrons. The van der Waals surface area contributed by atoms with Crippen molar-refractivity contribution in [3.63, 3.8) is 0 Å². The molecule has 0 unspecified atom stereocenters. The number of methoxy groups -OCH3 is 1. The Morgan fingerprint density at radius 3 is 2.68 bits per heavy atom. The van der Waals surface area contributed by atoms with Gasteiger partial charge in [-0.05, 0) is 35.9 Å². The molecule has 3 N–H and O–H groups in total. The zero-order valence-corrected chi connectivity index (χ0v) is 17.1. The van der Waals surface area contributed by atoms with E-state index in [-0.39, 0.29) is 35.3 Å². The maximum Gasteiger partial charge on any atom is 0.280 e. The summed E-state index contributed by atoms with van der Waals surface area (Å²) >= 11 is 5.97. The molecule has 0 aliphatic carbocycles. The van der Waals surface area contributed by atoms with Crippen molar-refractivity contribution >= 4 is 45.0 Å². The van der Waals surface area contributed by atoms with Crippen LogP contribution < -0.4 is 16.3 Å². The van der Waals surface area contributed by atoms with Crippen molar-refractivity contribution in [2.75, 3.05) is 19.0 Å². The van der Waals surface area contributed by atoms with Gasteiger partial charge in [0.05, 0.1) is 12.1 Å². The van der Waals surface area contributed by atoms with Gasteiger partial charge in [0, 0.05) is 23.2 Å². The van der Waals surface area contributed by atoms with Crippen molar-refractivity contribution in [1.29, 1.82) is 0 Å². The van der Waals surface area contributed by atoms with E-state index in [9.17, 15) is 19.5 Å². The lowest BCUT2D eigenvalue weighted by molar-refractivity contribution is -0.119. The van der Waals surface area contributed by atoms with Gasteiger partial charge in [-0.3, -0.25) is 14.4 Å². The molecule has 31 heavy (non-hydrogen) atoms. The van der Waals surface area contributed by atoms with Gasteiger partial charge in [0.2, 0.25) is 11.3 Å². The number of amides is 1. The van der Waals surface area contributed by atoms with E-state index in [1.165, 1.54) is 19.2 Å². The number of H-pyrrole nitrogens is 1. The highest BCUT2D eigenvalue weighted by atomic mass is 35.5. The normalized spacial score (nSPS) is 11.2. The number of aromatic nitrogens is 3. The largest absolute Gasteiger partial charge is 0.491 e. The number of hydrogen-bond acceptors (Lipinski definition) is 6. The Balaban J connectivity index is 1.73. The highest BCUT2D eigenvalue weighted by Gasteiger charge is 2.16. The number of halogens is 1. The number of rotatable bonds is 5. The van der Waals surface area contributed by atoms with Crippen LogP contribution in [0.3, 0.4) is 0 Å². The molecule has 0 saturated carbocycles. The van der Waals surface area contributed by atoms with Crippen LogP contribution in [0.5, 0.6) is 5.88 Å². The molecule has 0 aliphatic heterocycles. The van der Waals surface area contributed by atoms with Crippen molar-refractivity contribution < 1.29 is 14.6 Å². The molecule has 0 fully saturated rings. The van der Waals surface area contributed by atoms with Gasteiger partial charge < -0.3 is 20.1 Å². The van der Waals surface area contributed by atoms with Gasteiger partial charge in [-0.1, -0.05) is 23.7 Å². The summed E-state index contributed by atoms with van der Waals surface area (Å²) in [5.41, 5.74) is 0.440. The fraction of sp³-hybridized carbons (Fsp3) is 0.143. The maximum absolute atomic E-state index is 13.0.